The maximum absolute atomic E-state index is 14.0. The van der Waals surface area contributed by atoms with Crippen LogP contribution in [0.1, 0.15) is 29.6 Å². The molecule has 31 heavy (non-hydrogen) atoms. The molecule has 0 bridgehead atoms. The second-order valence-corrected chi connectivity index (χ2v) is 7.24. The number of carbonyl (C=O) groups excluding carboxylic acids is 1. The summed E-state index contributed by atoms with van der Waals surface area (Å²) in [6, 6.07) is 5.01. The Kier molecular flexibility index (Phi) is 5.46. The average Bonchev–Trinajstić information content (AvgIpc) is 3.27. The maximum atomic E-state index is 14.0. The zero-order chi connectivity index (χ0) is 22.0. The number of nitrogens with one attached hydrogen (secondary N) is 2. The number of amides is 1. The number of benzene rings is 1. The van der Waals surface area contributed by atoms with Gasteiger partial charge in [-0.25, -0.2) is 13.8 Å². The highest BCUT2D eigenvalue weighted by Gasteiger charge is 2.44. The van der Waals surface area contributed by atoms with Crippen LogP contribution in [0.25, 0.3) is 5.69 Å². The summed E-state index contributed by atoms with van der Waals surface area (Å²) >= 11 is 0. The second kappa shape index (κ2) is 8.22. The van der Waals surface area contributed by atoms with Gasteiger partial charge in [0, 0.05) is 18.3 Å². The first-order valence-corrected chi connectivity index (χ1v) is 9.64. The fraction of sp³-hybridized carbons (Fsp3) is 0.316. The smallest absolute Gasteiger partial charge is 0.264 e. The molecule has 0 spiro atoms. The maximum Gasteiger partial charge on any atom is 0.264 e. The van der Waals surface area contributed by atoms with Gasteiger partial charge in [-0.1, -0.05) is 6.07 Å². The van der Waals surface area contributed by atoms with E-state index in [9.17, 15) is 13.6 Å². The summed E-state index contributed by atoms with van der Waals surface area (Å²) in [5.74, 6) is -3.51. The lowest BCUT2D eigenvalue weighted by atomic mass is 9.87. The van der Waals surface area contributed by atoms with Gasteiger partial charge in [0.2, 0.25) is 5.95 Å². The summed E-state index contributed by atoms with van der Waals surface area (Å²) in [4.78, 5) is 21.6. The normalized spacial score (nSPS) is 20.2. The number of rotatable bonds is 6. The highest BCUT2D eigenvalue weighted by Crippen LogP contribution is 2.33. The van der Waals surface area contributed by atoms with Crippen molar-refractivity contribution in [2.75, 3.05) is 10.6 Å². The van der Waals surface area contributed by atoms with E-state index in [1.165, 1.54) is 11.0 Å². The molecule has 4 rings (SSSR count). The van der Waals surface area contributed by atoms with Crippen molar-refractivity contribution in [3.8, 4) is 5.69 Å². The molecule has 1 aliphatic carbocycles. The van der Waals surface area contributed by atoms with Gasteiger partial charge in [0.15, 0.2) is 0 Å². The molecule has 0 radical (unpaired) electrons. The molecule has 10 nitrogen and oxygen atoms in total. The third-order valence-electron chi connectivity index (χ3n) is 5.07. The molecule has 2 heterocycles. The van der Waals surface area contributed by atoms with E-state index in [1.807, 2.05) is 0 Å². The quantitative estimate of drug-likeness (QED) is 0.463. The number of alkyl halides is 2. The molecule has 0 saturated heterocycles. The molecule has 2 aromatic heterocycles. The lowest BCUT2D eigenvalue weighted by Gasteiger charge is -2.35. The Hall–Kier alpha value is -3.67. The van der Waals surface area contributed by atoms with Gasteiger partial charge >= 0.3 is 0 Å². The number of primary amides is 1. The summed E-state index contributed by atoms with van der Waals surface area (Å²) in [6.45, 7) is 0. The van der Waals surface area contributed by atoms with Crippen LogP contribution >= 0.6 is 0 Å². The highest BCUT2D eigenvalue weighted by atomic mass is 19.3. The predicted molar refractivity (Wildman–Crippen MR) is 109 cm³/mol. The Morgan fingerprint density at radius 2 is 2.03 bits per heavy atom. The number of nitrogens with two attached hydrogens (primary N) is 2. The van der Waals surface area contributed by atoms with Crippen LogP contribution in [0, 0.1) is 0 Å². The van der Waals surface area contributed by atoms with Crippen LogP contribution in [0.3, 0.4) is 0 Å². The summed E-state index contributed by atoms with van der Waals surface area (Å²) in [5.41, 5.74) is 12.5. The number of hydrogen-bond acceptors (Lipinski definition) is 8. The molecule has 0 unspecified atom stereocenters. The van der Waals surface area contributed by atoms with Crippen LogP contribution in [0.2, 0.25) is 0 Å². The van der Waals surface area contributed by atoms with E-state index in [1.54, 1.807) is 36.7 Å². The van der Waals surface area contributed by atoms with E-state index in [2.05, 4.69) is 30.8 Å². The van der Waals surface area contributed by atoms with E-state index < -0.39 is 23.9 Å². The summed E-state index contributed by atoms with van der Waals surface area (Å²) in [6.07, 6.45) is 4.88. The Morgan fingerprint density at radius 3 is 2.77 bits per heavy atom. The van der Waals surface area contributed by atoms with Gasteiger partial charge in [-0.05, 0) is 31.0 Å². The molecule has 1 saturated carbocycles. The van der Waals surface area contributed by atoms with Crippen LogP contribution in [-0.2, 0) is 0 Å². The predicted octanol–water partition coefficient (Wildman–Crippen LogP) is 1.83. The molecule has 162 valence electrons. The first-order valence-electron chi connectivity index (χ1n) is 9.64. The van der Waals surface area contributed by atoms with Crippen LogP contribution in [-0.4, -0.2) is 48.9 Å². The summed E-state index contributed by atoms with van der Waals surface area (Å²) < 4.78 is 27.9. The minimum absolute atomic E-state index is 0.0476. The lowest BCUT2D eigenvalue weighted by Crippen LogP contribution is -2.55. The summed E-state index contributed by atoms with van der Waals surface area (Å²) in [5, 5.41) is 14.0. The van der Waals surface area contributed by atoms with Crippen molar-refractivity contribution in [2.24, 2.45) is 11.5 Å². The number of halogens is 2. The Balaban J connectivity index is 1.60. The Bertz CT molecular complexity index is 1070. The van der Waals surface area contributed by atoms with Crippen molar-refractivity contribution in [3.05, 3.63) is 48.4 Å². The first-order chi connectivity index (χ1) is 14.8. The lowest BCUT2D eigenvalue weighted by molar-refractivity contribution is -0.0555. The van der Waals surface area contributed by atoms with Crippen LogP contribution < -0.4 is 22.1 Å². The minimum atomic E-state index is -2.97. The zero-order valence-corrected chi connectivity index (χ0v) is 16.4. The van der Waals surface area contributed by atoms with Gasteiger partial charge < -0.3 is 22.1 Å². The first kappa shape index (κ1) is 20.6. The van der Waals surface area contributed by atoms with E-state index in [0.717, 1.165) is 0 Å². The number of anilines is 3. The number of carbonyl (C=O) groups is 1. The average molecular weight is 429 g/mol. The van der Waals surface area contributed by atoms with Gasteiger partial charge in [-0.3, -0.25) is 4.79 Å². The third-order valence-corrected chi connectivity index (χ3v) is 5.07. The standard InChI is InChI=1S/C19H21F2N9O/c20-19(21)6-2-5-14(15(19)22)28-18-24-10-13(16(23)31)17(29-18)27-11-3-1-4-12(9-11)30-25-7-8-26-30/h1,3-4,7-10,14-15H,2,5-6,22H2,(H2,23,31)(H2,24,27,28,29)/t14-,15-/m0/s1. The van der Waals surface area contributed by atoms with E-state index in [4.69, 9.17) is 11.5 Å². The van der Waals surface area contributed by atoms with Gasteiger partial charge in [0.25, 0.3) is 11.8 Å². The number of nitrogens with zero attached hydrogens (tertiary/aromatic N) is 5. The minimum Gasteiger partial charge on any atom is -0.365 e. The van der Waals surface area contributed by atoms with Crippen LogP contribution in [0.15, 0.2) is 42.9 Å². The molecular weight excluding hydrogens is 408 g/mol. The van der Waals surface area contributed by atoms with Crippen LogP contribution in [0.4, 0.5) is 26.2 Å². The molecule has 3 aromatic rings. The number of aromatic nitrogens is 5. The molecule has 1 fully saturated rings. The molecule has 6 N–H and O–H groups in total. The molecule has 2 atom stereocenters. The van der Waals surface area contributed by atoms with E-state index in [-0.39, 0.29) is 23.8 Å². The van der Waals surface area contributed by atoms with E-state index in [0.29, 0.717) is 24.2 Å². The Morgan fingerprint density at radius 1 is 1.26 bits per heavy atom. The molecule has 1 aliphatic rings. The molecule has 1 aromatic carbocycles. The van der Waals surface area contributed by atoms with Crippen molar-refractivity contribution in [1.82, 2.24) is 25.0 Å². The third kappa shape index (κ3) is 4.43. The summed E-state index contributed by atoms with van der Waals surface area (Å²) in [7, 11) is 0. The molecule has 0 aliphatic heterocycles. The van der Waals surface area contributed by atoms with Gasteiger partial charge in [-0.15, -0.1) is 0 Å². The second-order valence-electron chi connectivity index (χ2n) is 7.24. The SMILES string of the molecule is NC(=O)c1cnc(N[C@H]2CCCC(F)(F)[C@H]2N)nc1Nc1cccc(-n2nccn2)c1. The van der Waals surface area contributed by atoms with Gasteiger partial charge in [0.05, 0.1) is 30.2 Å². The topological polar surface area (TPSA) is 150 Å². The van der Waals surface area contributed by atoms with Crippen molar-refractivity contribution in [2.45, 2.75) is 37.3 Å². The monoisotopic (exact) mass is 429 g/mol. The highest BCUT2D eigenvalue weighted by molar-refractivity contribution is 5.98. The van der Waals surface area contributed by atoms with Crippen molar-refractivity contribution in [1.29, 1.82) is 0 Å². The van der Waals surface area contributed by atoms with E-state index >= 15 is 0 Å². The molecular formula is C19H21F2N9O. The fourth-order valence-electron chi connectivity index (χ4n) is 3.45. The Labute approximate surface area is 176 Å². The number of hydrogen-bond donors (Lipinski definition) is 4. The molecule has 1 amide bonds. The van der Waals surface area contributed by atoms with Crippen molar-refractivity contribution in [3.63, 3.8) is 0 Å². The fourth-order valence-corrected chi connectivity index (χ4v) is 3.45. The van der Waals surface area contributed by atoms with Crippen molar-refractivity contribution < 1.29 is 13.6 Å². The largest absolute Gasteiger partial charge is 0.365 e. The van der Waals surface area contributed by atoms with Crippen molar-refractivity contribution >= 4 is 23.4 Å². The van der Waals surface area contributed by atoms with Gasteiger partial charge in [0.1, 0.15) is 11.4 Å². The van der Waals surface area contributed by atoms with Gasteiger partial charge in [-0.2, -0.15) is 20.0 Å². The zero-order valence-electron chi connectivity index (χ0n) is 16.4. The van der Waals surface area contributed by atoms with Crippen LogP contribution in [0.5, 0.6) is 0 Å². The molecule has 12 heteroatoms.